The van der Waals surface area contributed by atoms with E-state index >= 15 is 0 Å². The molecule has 1 saturated heterocycles. The molecule has 5 rings (SSSR count). The van der Waals surface area contributed by atoms with Crippen LogP contribution in [0.2, 0.25) is 5.02 Å². The number of rotatable bonds is 10. The summed E-state index contributed by atoms with van der Waals surface area (Å²) in [5.41, 5.74) is 2.97. The van der Waals surface area contributed by atoms with Crippen molar-refractivity contribution in [3.63, 3.8) is 0 Å². The van der Waals surface area contributed by atoms with Crippen molar-refractivity contribution in [3.05, 3.63) is 105 Å². The smallest absolute Gasteiger partial charge is 0.325 e. The van der Waals surface area contributed by atoms with Crippen molar-refractivity contribution < 1.29 is 24.5 Å². The van der Waals surface area contributed by atoms with Crippen LogP contribution in [0.25, 0.3) is 11.3 Å². The Labute approximate surface area is 255 Å². The normalized spacial score (nSPS) is 17.3. The number of nitrogens with one attached hydrogen (secondary N) is 2. The number of ether oxygens (including phenoxy) is 1. The van der Waals surface area contributed by atoms with Gasteiger partial charge in [0.2, 0.25) is 0 Å². The molecule has 0 aliphatic carbocycles. The standard InChI is InChI=1S/C30H28ClIN4O5/c1-17(18-5-3-2-4-6-18)27(28-33-14-25(34-28)23-12-9-20(32)13-24(23)31)36-29(39)26(35-30(36)40)19-7-10-22(11-8-19)41-16-21(38)15-37/h2-14,17,21,26-27,37-38H,15-16H2,1H3,(H,33,34)(H,35,40)/t17-,21?,26?,27-/m0/s1. The summed E-state index contributed by atoms with van der Waals surface area (Å²) < 4.78 is 6.46. The number of aromatic amines is 1. The number of carbonyl (C=O) groups is 2. The maximum Gasteiger partial charge on any atom is 0.325 e. The monoisotopic (exact) mass is 686 g/mol. The van der Waals surface area contributed by atoms with Gasteiger partial charge in [-0.25, -0.2) is 9.78 Å². The summed E-state index contributed by atoms with van der Waals surface area (Å²) in [6, 6.07) is 19.9. The Morgan fingerprint density at radius 3 is 2.51 bits per heavy atom. The van der Waals surface area contributed by atoms with E-state index in [1.54, 1.807) is 30.5 Å². The van der Waals surface area contributed by atoms with Gasteiger partial charge in [0.1, 0.15) is 36.4 Å². The molecule has 2 heterocycles. The van der Waals surface area contributed by atoms with Gasteiger partial charge >= 0.3 is 6.03 Å². The second-order valence-electron chi connectivity index (χ2n) is 9.76. The largest absolute Gasteiger partial charge is 0.491 e. The molecule has 0 bridgehead atoms. The molecule has 1 fully saturated rings. The van der Waals surface area contributed by atoms with E-state index in [0.29, 0.717) is 27.9 Å². The molecule has 2 unspecified atom stereocenters. The molecule has 3 amide bonds. The lowest BCUT2D eigenvalue weighted by Crippen LogP contribution is -2.38. The van der Waals surface area contributed by atoms with Crippen LogP contribution in [0.4, 0.5) is 4.79 Å². The molecule has 9 nitrogen and oxygen atoms in total. The second-order valence-corrected chi connectivity index (χ2v) is 11.4. The predicted molar refractivity (Wildman–Crippen MR) is 162 cm³/mol. The number of hydrogen-bond donors (Lipinski definition) is 4. The number of amides is 3. The average molecular weight is 687 g/mol. The number of hydrogen-bond acceptors (Lipinski definition) is 6. The molecule has 11 heteroatoms. The van der Waals surface area contributed by atoms with Gasteiger partial charge in [0, 0.05) is 15.1 Å². The predicted octanol–water partition coefficient (Wildman–Crippen LogP) is 5.20. The van der Waals surface area contributed by atoms with Gasteiger partial charge in [0.05, 0.1) is 23.5 Å². The Bertz CT molecular complexity index is 1530. The molecular formula is C30H28ClIN4O5. The Kier molecular flexibility index (Phi) is 8.93. The van der Waals surface area contributed by atoms with Gasteiger partial charge in [-0.05, 0) is 58.0 Å². The number of benzene rings is 3. The first kappa shape index (κ1) is 29.1. The van der Waals surface area contributed by atoms with Crippen molar-refractivity contribution in [1.82, 2.24) is 20.2 Å². The fourth-order valence-electron chi connectivity index (χ4n) is 4.84. The quantitative estimate of drug-likeness (QED) is 0.134. The number of imidazole rings is 1. The van der Waals surface area contributed by atoms with Crippen molar-refractivity contribution in [2.45, 2.75) is 31.0 Å². The first-order valence-electron chi connectivity index (χ1n) is 13.0. The van der Waals surface area contributed by atoms with Crippen LogP contribution in [0.5, 0.6) is 5.75 Å². The number of carbonyl (C=O) groups excluding carboxylic acids is 2. The highest BCUT2D eigenvalue weighted by atomic mass is 127. The van der Waals surface area contributed by atoms with Gasteiger partial charge in [-0.3, -0.25) is 9.69 Å². The van der Waals surface area contributed by atoms with Gasteiger partial charge in [0.15, 0.2) is 0 Å². The number of aliphatic hydroxyl groups excluding tert-OH is 2. The van der Waals surface area contributed by atoms with E-state index < -0.39 is 36.7 Å². The van der Waals surface area contributed by atoms with E-state index in [2.05, 4.69) is 37.9 Å². The zero-order chi connectivity index (χ0) is 29.1. The Balaban J connectivity index is 1.46. The Hall–Kier alpha value is -3.45. The first-order chi connectivity index (χ1) is 19.8. The zero-order valence-electron chi connectivity index (χ0n) is 22.0. The molecule has 4 aromatic rings. The van der Waals surface area contributed by atoms with Crippen molar-refractivity contribution in [3.8, 4) is 17.0 Å². The van der Waals surface area contributed by atoms with Crippen LogP contribution in [-0.2, 0) is 4.79 Å². The SMILES string of the molecule is C[C@@H](c1ccccc1)[C@@H](c1ncc(-c2ccc(I)cc2Cl)[nH]1)N1C(=O)NC(c2ccc(OCC(O)CO)cc2)C1=O. The lowest BCUT2D eigenvalue weighted by atomic mass is 9.91. The third-order valence-electron chi connectivity index (χ3n) is 7.01. The third kappa shape index (κ3) is 6.25. The number of nitrogens with zero attached hydrogens (tertiary/aromatic N) is 2. The summed E-state index contributed by atoms with van der Waals surface area (Å²) in [6.07, 6.45) is 0.669. The minimum Gasteiger partial charge on any atom is -0.491 e. The zero-order valence-corrected chi connectivity index (χ0v) is 24.9. The van der Waals surface area contributed by atoms with Crippen LogP contribution in [0.3, 0.4) is 0 Å². The van der Waals surface area contributed by atoms with Crippen molar-refractivity contribution in [2.24, 2.45) is 0 Å². The van der Waals surface area contributed by atoms with Crippen LogP contribution in [0.1, 0.15) is 41.9 Å². The molecule has 212 valence electrons. The molecule has 0 saturated carbocycles. The lowest BCUT2D eigenvalue weighted by Gasteiger charge is -2.29. The fraction of sp³-hybridized carbons (Fsp3) is 0.233. The lowest BCUT2D eigenvalue weighted by molar-refractivity contribution is -0.129. The summed E-state index contributed by atoms with van der Waals surface area (Å²) in [7, 11) is 0. The van der Waals surface area contributed by atoms with E-state index in [1.807, 2.05) is 55.5 Å². The van der Waals surface area contributed by atoms with Gasteiger partial charge in [0.25, 0.3) is 5.91 Å². The van der Waals surface area contributed by atoms with Crippen molar-refractivity contribution in [1.29, 1.82) is 0 Å². The van der Waals surface area contributed by atoms with Crippen LogP contribution in [-0.4, -0.2) is 56.3 Å². The van der Waals surface area contributed by atoms with Crippen LogP contribution in [0.15, 0.2) is 79.0 Å². The highest BCUT2D eigenvalue weighted by Gasteiger charge is 2.46. The van der Waals surface area contributed by atoms with E-state index in [4.69, 9.17) is 21.4 Å². The molecule has 0 spiro atoms. The Morgan fingerprint density at radius 2 is 1.83 bits per heavy atom. The molecule has 0 radical (unpaired) electrons. The van der Waals surface area contributed by atoms with Gasteiger partial charge < -0.3 is 25.3 Å². The van der Waals surface area contributed by atoms with E-state index in [1.165, 1.54) is 4.90 Å². The second kappa shape index (κ2) is 12.6. The molecular weight excluding hydrogens is 659 g/mol. The van der Waals surface area contributed by atoms with Crippen molar-refractivity contribution in [2.75, 3.05) is 13.2 Å². The van der Waals surface area contributed by atoms with Crippen LogP contribution in [0, 0.1) is 3.57 Å². The van der Waals surface area contributed by atoms with E-state index in [9.17, 15) is 14.7 Å². The summed E-state index contributed by atoms with van der Waals surface area (Å²) in [5.74, 6) is 0.228. The third-order valence-corrected chi connectivity index (χ3v) is 8.00. The Morgan fingerprint density at radius 1 is 1.10 bits per heavy atom. The minimum atomic E-state index is -0.994. The van der Waals surface area contributed by atoms with Gasteiger partial charge in [-0.1, -0.05) is 67.1 Å². The minimum absolute atomic E-state index is 0.0691. The summed E-state index contributed by atoms with van der Waals surface area (Å²) >= 11 is 8.71. The molecule has 1 aliphatic heterocycles. The summed E-state index contributed by atoms with van der Waals surface area (Å²) in [4.78, 5) is 36.5. The number of H-pyrrole nitrogens is 1. The molecule has 1 aliphatic rings. The number of halogens is 2. The van der Waals surface area contributed by atoms with Crippen molar-refractivity contribution >= 4 is 46.1 Å². The van der Waals surface area contributed by atoms with Gasteiger partial charge in [-0.2, -0.15) is 0 Å². The number of imide groups is 1. The molecule has 3 aromatic carbocycles. The first-order valence-corrected chi connectivity index (χ1v) is 14.4. The highest BCUT2D eigenvalue weighted by molar-refractivity contribution is 14.1. The number of aromatic nitrogens is 2. The molecule has 4 atom stereocenters. The number of urea groups is 1. The highest BCUT2D eigenvalue weighted by Crippen LogP contribution is 2.40. The maximum absolute atomic E-state index is 13.9. The molecule has 1 aromatic heterocycles. The number of aliphatic hydroxyl groups is 2. The van der Waals surface area contributed by atoms with E-state index in [0.717, 1.165) is 14.7 Å². The van der Waals surface area contributed by atoms with E-state index in [-0.39, 0.29) is 12.5 Å². The fourth-order valence-corrected chi connectivity index (χ4v) is 5.80. The molecule has 41 heavy (non-hydrogen) atoms. The van der Waals surface area contributed by atoms with Gasteiger partial charge in [-0.15, -0.1) is 0 Å². The average Bonchev–Trinajstić information content (AvgIpc) is 3.57. The van der Waals surface area contributed by atoms with Crippen LogP contribution < -0.4 is 10.1 Å². The van der Waals surface area contributed by atoms with Crippen LogP contribution >= 0.6 is 34.2 Å². The molecule has 4 N–H and O–H groups in total. The topological polar surface area (TPSA) is 128 Å². The maximum atomic E-state index is 13.9. The summed E-state index contributed by atoms with van der Waals surface area (Å²) in [5, 5.41) is 21.9. The summed E-state index contributed by atoms with van der Waals surface area (Å²) in [6.45, 7) is 1.48.